The van der Waals surface area contributed by atoms with Gasteiger partial charge in [0.15, 0.2) is 0 Å². The Labute approximate surface area is 66.9 Å². The van der Waals surface area contributed by atoms with Crippen molar-refractivity contribution in [2.75, 3.05) is 6.61 Å². The number of aromatic nitrogens is 1. The van der Waals surface area contributed by atoms with Gasteiger partial charge in [-0.2, -0.15) is 0 Å². The van der Waals surface area contributed by atoms with E-state index in [0.29, 0.717) is 6.42 Å². The summed E-state index contributed by atoms with van der Waals surface area (Å²) in [5.74, 6) is 0. The van der Waals surface area contributed by atoms with Gasteiger partial charge in [0.1, 0.15) is 0 Å². The van der Waals surface area contributed by atoms with Gasteiger partial charge in [0.25, 0.3) is 0 Å². The normalized spacial score (nSPS) is 10.1. The number of aliphatic hydroxyl groups excluding tert-OH is 1. The minimum absolute atomic E-state index is 0.176. The molecule has 1 aromatic rings. The maximum atomic E-state index is 8.66. The zero-order valence-corrected chi connectivity index (χ0v) is 6.96. The Hall–Kier alpha value is -0.890. The number of aliphatic hydroxyl groups is 1. The van der Waals surface area contributed by atoms with Crippen LogP contribution in [0.15, 0.2) is 12.1 Å². The molecular formula is C9H13NO. The highest BCUT2D eigenvalue weighted by Crippen LogP contribution is 2.04. The maximum absolute atomic E-state index is 8.66. The Balaban J connectivity index is 2.89. The van der Waals surface area contributed by atoms with Crippen molar-refractivity contribution < 1.29 is 5.11 Å². The third-order valence-electron chi connectivity index (χ3n) is 1.52. The van der Waals surface area contributed by atoms with Crippen molar-refractivity contribution in [2.45, 2.75) is 20.3 Å². The van der Waals surface area contributed by atoms with Crippen molar-refractivity contribution in [3.63, 3.8) is 0 Å². The smallest absolute Gasteiger partial charge is 0.0486 e. The molecular weight excluding hydrogens is 138 g/mol. The molecule has 60 valence electrons. The van der Waals surface area contributed by atoms with E-state index in [1.165, 1.54) is 5.56 Å². The highest BCUT2D eigenvalue weighted by Gasteiger charge is 1.95. The average molecular weight is 151 g/mol. The number of hydrogen-bond acceptors (Lipinski definition) is 2. The summed E-state index contributed by atoms with van der Waals surface area (Å²) < 4.78 is 0. The molecule has 1 N–H and O–H groups in total. The van der Waals surface area contributed by atoms with Crippen LogP contribution in [-0.2, 0) is 6.42 Å². The van der Waals surface area contributed by atoms with Crippen LogP contribution < -0.4 is 0 Å². The SMILES string of the molecule is Cc1cc(C)nc(CCO)c1. The van der Waals surface area contributed by atoms with Gasteiger partial charge in [-0.3, -0.25) is 4.98 Å². The van der Waals surface area contributed by atoms with Crippen molar-refractivity contribution in [3.8, 4) is 0 Å². The molecule has 0 aliphatic carbocycles. The summed E-state index contributed by atoms with van der Waals surface area (Å²) in [7, 11) is 0. The molecule has 0 aliphatic rings. The molecule has 1 heterocycles. The molecule has 2 heteroatoms. The fourth-order valence-corrected chi connectivity index (χ4v) is 1.17. The fraction of sp³-hybridized carbons (Fsp3) is 0.444. The first-order chi connectivity index (χ1) is 5.22. The van der Waals surface area contributed by atoms with Gasteiger partial charge in [-0.15, -0.1) is 0 Å². The largest absolute Gasteiger partial charge is 0.396 e. The summed E-state index contributed by atoms with van der Waals surface area (Å²) in [5.41, 5.74) is 3.21. The van der Waals surface area contributed by atoms with Crippen LogP contribution in [0.2, 0.25) is 0 Å². The lowest BCUT2D eigenvalue weighted by Gasteiger charge is -2.00. The van der Waals surface area contributed by atoms with E-state index in [4.69, 9.17) is 5.11 Å². The zero-order chi connectivity index (χ0) is 8.27. The summed E-state index contributed by atoms with van der Waals surface area (Å²) in [4.78, 5) is 4.26. The molecule has 0 aromatic carbocycles. The molecule has 0 saturated carbocycles. The molecule has 0 aliphatic heterocycles. The van der Waals surface area contributed by atoms with Gasteiger partial charge in [-0.25, -0.2) is 0 Å². The molecule has 0 atom stereocenters. The summed E-state index contributed by atoms with van der Waals surface area (Å²) in [5, 5.41) is 8.66. The maximum Gasteiger partial charge on any atom is 0.0486 e. The van der Waals surface area contributed by atoms with Gasteiger partial charge in [0.2, 0.25) is 0 Å². The van der Waals surface area contributed by atoms with Crippen LogP contribution >= 0.6 is 0 Å². The minimum Gasteiger partial charge on any atom is -0.396 e. The first-order valence-corrected chi connectivity index (χ1v) is 3.77. The number of hydrogen-bond donors (Lipinski definition) is 1. The van der Waals surface area contributed by atoms with Gasteiger partial charge < -0.3 is 5.11 Å². The highest BCUT2D eigenvalue weighted by atomic mass is 16.3. The molecule has 0 fully saturated rings. The molecule has 0 saturated heterocycles. The van der Waals surface area contributed by atoms with Crippen LogP contribution in [0, 0.1) is 13.8 Å². The molecule has 1 rings (SSSR count). The Morgan fingerprint density at radius 1 is 1.36 bits per heavy atom. The van der Waals surface area contributed by atoms with Crippen LogP contribution in [0.25, 0.3) is 0 Å². The van der Waals surface area contributed by atoms with E-state index in [2.05, 4.69) is 4.98 Å². The molecule has 2 nitrogen and oxygen atoms in total. The molecule has 0 radical (unpaired) electrons. The van der Waals surface area contributed by atoms with Gasteiger partial charge in [-0.1, -0.05) is 0 Å². The zero-order valence-electron chi connectivity index (χ0n) is 6.96. The van der Waals surface area contributed by atoms with Crippen LogP contribution in [-0.4, -0.2) is 16.7 Å². The van der Waals surface area contributed by atoms with Crippen LogP contribution in [0.5, 0.6) is 0 Å². The van der Waals surface area contributed by atoms with Gasteiger partial charge in [0.05, 0.1) is 0 Å². The summed E-state index contributed by atoms with van der Waals surface area (Å²) >= 11 is 0. The number of aryl methyl sites for hydroxylation is 2. The summed E-state index contributed by atoms with van der Waals surface area (Å²) in [6.07, 6.45) is 0.655. The van der Waals surface area contributed by atoms with E-state index < -0.39 is 0 Å². The molecule has 1 aromatic heterocycles. The van der Waals surface area contributed by atoms with Crippen molar-refractivity contribution >= 4 is 0 Å². The van der Waals surface area contributed by atoms with E-state index in [1.807, 2.05) is 26.0 Å². The monoisotopic (exact) mass is 151 g/mol. The second-order valence-electron chi connectivity index (χ2n) is 2.75. The molecule has 0 spiro atoms. The second kappa shape index (κ2) is 3.49. The van der Waals surface area contributed by atoms with Crippen molar-refractivity contribution in [3.05, 3.63) is 29.1 Å². The lowest BCUT2D eigenvalue weighted by molar-refractivity contribution is 0.298. The molecule has 11 heavy (non-hydrogen) atoms. The third kappa shape index (κ3) is 2.31. The lowest BCUT2D eigenvalue weighted by atomic mass is 10.2. The van der Waals surface area contributed by atoms with Crippen molar-refractivity contribution in [1.82, 2.24) is 4.98 Å². The minimum atomic E-state index is 0.176. The molecule has 0 amide bonds. The van der Waals surface area contributed by atoms with Gasteiger partial charge in [-0.05, 0) is 31.5 Å². The Kier molecular flexibility index (Phi) is 2.60. The number of rotatable bonds is 2. The number of nitrogens with zero attached hydrogens (tertiary/aromatic N) is 1. The predicted molar refractivity (Wildman–Crippen MR) is 44.5 cm³/mol. The highest BCUT2D eigenvalue weighted by molar-refractivity contribution is 5.19. The first-order valence-electron chi connectivity index (χ1n) is 3.77. The second-order valence-corrected chi connectivity index (χ2v) is 2.75. The Morgan fingerprint density at radius 2 is 2.09 bits per heavy atom. The average Bonchev–Trinajstić information content (AvgIpc) is 1.85. The van der Waals surface area contributed by atoms with E-state index >= 15 is 0 Å². The quantitative estimate of drug-likeness (QED) is 0.689. The van der Waals surface area contributed by atoms with Gasteiger partial charge in [0, 0.05) is 24.4 Å². The Bertz CT molecular complexity index is 225. The van der Waals surface area contributed by atoms with Crippen LogP contribution in [0.3, 0.4) is 0 Å². The van der Waals surface area contributed by atoms with Crippen LogP contribution in [0.1, 0.15) is 17.0 Å². The third-order valence-corrected chi connectivity index (χ3v) is 1.52. The summed E-state index contributed by atoms with van der Waals surface area (Å²) in [6.45, 7) is 4.18. The topological polar surface area (TPSA) is 33.1 Å². The van der Waals surface area contributed by atoms with E-state index in [9.17, 15) is 0 Å². The predicted octanol–water partition coefficient (Wildman–Crippen LogP) is 1.23. The lowest BCUT2D eigenvalue weighted by Crippen LogP contribution is -1.96. The number of pyridine rings is 1. The van der Waals surface area contributed by atoms with E-state index in [0.717, 1.165) is 11.4 Å². The first kappa shape index (κ1) is 8.21. The standard InChI is InChI=1S/C9H13NO/c1-7-5-8(2)10-9(6-7)3-4-11/h5-6,11H,3-4H2,1-2H3. The van der Waals surface area contributed by atoms with Crippen molar-refractivity contribution in [1.29, 1.82) is 0 Å². The van der Waals surface area contributed by atoms with E-state index in [-0.39, 0.29) is 6.61 Å². The Morgan fingerprint density at radius 3 is 2.64 bits per heavy atom. The van der Waals surface area contributed by atoms with Gasteiger partial charge >= 0.3 is 0 Å². The van der Waals surface area contributed by atoms with Crippen LogP contribution in [0.4, 0.5) is 0 Å². The molecule has 0 bridgehead atoms. The van der Waals surface area contributed by atoms with E-state index in [1.54, 1.807) is 0 Å². The molecule has 0 unspecified atom stereocenters. The van der Waals surface area contributed by atoms with Crippen molar-refractivity contribution in [2.24, 2.45) is 0 Å². The fourth-order valence-electron chi connectivity index (χ4n) is 1.17. The summed E-state index contributed by atoms with van der Waals surface area (Å²) in [6, 6.07) is 4.03.